The lowest BCUT2D eigenvalue weighted by Gasteiger charge is -2.26. The number of nitrogens with one attached hydrogen (secondary N) is 2. The van der Waals surface area contributed by atoms with Gasteiger partial charge in [0.05, 0.1) is 12.8 Å². The van der Waals surface area contributed by atoms with Crippen molar-refractivity contribution in [1.29, 1.82) is 0 Å². The Hall–Kier alpha value is -1.14. The highest BCUT2D eigenvalue weighted by Gasteiger charge is 2.16. The fourth-order valence-corrected chi connectivity index (χ4v) is 1.17. The summed E-state index contributed by atoms with van der Waals surface area (Å²) in [4.78, 5) is 20.5. The minimum atomic E-state index is -0.831. The van der Waals surface area contributed by atoms with E-state index >= 15 is 0 Å². The first-order chi connectivity index (χ1) is 7.33. The molecule has 0 radical (unpaired) electrons. The van der Waals surface area contributed by atoms with Crippen molar-refractivity contribution in [1.82, 2.24) is 10.6 Å². The van der Waals surface area contributed by atoms with Gasteiger partial charge < -0.3 is 20.8 Å². The molecule has 6 nitrogen and oxygen atoms in total. The molecule has 0 aromatic heterocycles. The number of carbonyl (C=O) groups is 2. The lowest BCUT2D eigenvalue weighted by Crippen LogP contribution is -2.48. The van der Waals surface area contributed by atoms with E-state index in [1.54, 1.807) is 0 Å². The van der Waals surface area contributed by atoms with Crippen LogP contribution >= 0.6 is 0 Å². The van der Waals surface area contributed by atoms with Crippen molar-refractivity contribution in [3.05, 3.63) is 0 Å². The Kier molecular flexibility index (Phi) is 6.67. The molecule has 0 unspecified atom stereocenters. The molecule has 0 aliphatic carbocycles. The first kappa shape index (κ1) is 14.9. The van der Waals surface area contributed by atoms with E-state index in [0.717, 1.165) is 0 Å². The molecule has 0 aliphatic rings. The standard InChI is InChI=1S/C10H20N2O4/c1-10(2,12-6-4-9(15)16)7-11-5-3-8(13)14/h11-12H,3-7H2,1-2H3,(H,13,14)(H,15,16). The first-order valence-electron chi connectivity index (χ1n) is 5.23. The Morgan fingerprint density at radius 2 is 1.56 bits per heavy atom. The van der Waals surface area contributed by atoms with Gasteiger partial charge in [-0.3, -0.25) is 9.59 Å². The second-order valence-corrected chi connectivity index (χ2v) is 4.27. The van der Waals surface area contributed by atoms with Crippen LogP contribution in [0.4, 0.5) is 0 Å². The van der Waals surface area contributed by atoms with Crippen LogP contribution in [0.25, 0.3) is 0 Å². The highest BCUT2D eigenvalue weighted by Crippen LogP contribution is 1.99. The molecule has 4 N–H and O–H groups in total. The third-order valence-corrected chi connectivity index (χ3v) is 2.03. The zero-order chi connectivity index (χ0) is 12.6. The summed E-state index contributed by atoms with van der Waals surface area (Å²) in [7, 11) is 0. The average Bonchev–Trinajstić information content (AvgIpc) is 2.11. The van der Waals surface area contributed by atoms with Crippen LogP contribution in [0.1, 0.15) is 26.7 Å². The number of carboxylic acid groups (broad SMARTS) is 2. The molecule has 6 heteroatoms. The van der Waals surface area contributed by atoms with Crippen molar-refractivity contribution in [3.8, 4) is 0 Å². The minimum absolute atomic E-state index is 0.0819. The molecule has 0 fully saturated rings. The van der Waals surface area contributed by atoms with Gasteiger partial charge in [-0.15, -0.1) is 0 Å². The van der Waals surface area contributed by atoms with Crippen molar-refractivity contribution < 1.29 is 19.8 Å². The van der Waals surface area contributed by atoms with Crippen molar-refractivity contribution in [2.24, 2.45) is 0 Å². The largest absolute Gasteiger partial charge is 0.481 e. The molecule has 0 atom stereocenters. The van der Waals surface area contributed by atoms with Gasteiger partial charge in [-0.05, 0) is 13.8 Å². The van der Waals surface area contributed by atoms with Gasteiger partial charge in [-0.1, -0.05) is 0 Å². The quantitative estimate of drug-likeness (QED) is 0.414. The summed E-state index contributed by atoms with van der Waals surface area (Å²) in [5, 5.41) is 23.0. The maximum atomic E-state index is 10.3. The summed E-state index contributed by atoms with van der Waals surface area (Å²) < 4.78 is 0. The van der Waals surface area contributed by atoms with Crippen LogP contribution in [0.5, 0.6) is 0 Å². The lowest BCUT2D eigenvalue weighted by atomic mass is 10.1. The number of carboxylic acids is 2. The van der Waals surface area contributed by atoms with Gasteiger partial charge in [-0.2, -0.15) is 0 Å². The first-order valence-corrected chi connectivity index (χ1v) is 5.23. The Labute approximate surface area is 95.0 Å². The normalized spacial score (nSPS) is 11.4. The van der Waals surface area contributed by atoms with Gasteiger partial charge in [0.1, 0.15) is 0 Å². The van der Waals surface area contributed by atoms with E-state index in [0.29, 0.717) is 19.6 Å². The van der Waals surface area contributed by atoms with Crippen molar-refractivity contribution >= 4 is 11.9 Å². The van der Waals surface area contributed by atoms with E-state index < -0.39 is 11.9 Å². The van der Waals surface area contributed by atoms with Gasteiger partial charge >= 0.3 is 11.9 Å². The molecular formula is C10H20N2O4. The molecule has 0 aliphatic heterocycles. The highest BCUT2D eigenvalue weighted by molar-refractivity contribution is 5.67. The molecule has 0 bridgehead atoms. The third-order valence-electron chi connectivity index (χ3n) is 2.03. The van der Waals surface area contributed by atoms with Crippen LogP contribution in [0, 0.1) is 0 Å². The molecule has 94 valence electrons. The summed E-state index contributed by atoms with van der Waals surface area (Å²) >= 11 is 0. The average molecular weight is 232 g/mol. The highest BCUT2D eigenvalue weighted by atomic mass is 16.4. The fraction of sp³-hybridized carbons (Fsp3) is 0.800. The third kappa shape index (κ3) is 9.42. The summed E-state index contributed by atoms with van der Waals surface area (Å²) in [5.74, 6) is -1.66. The predicted octanol–water partition coefficient (Wildman–Crippen LogP) is -0.106. The van der Waals surface area contributed by atoms with Crippen LogP contribution in [-0.2, 0) is 9.59 Å². The molecule has 0 rings (SSSR count). The topological polar surface area (TPSA) is 98.7 Å². The van der Waals surface area contributed by atoms with E-state index in [-0.39, 0.29) is 18.4 Å². The molecular weight excluding hydrogens is 212 g/mol. The molecule has 0 amide bonds. The van der Waals surface area contributed by atoms with E-state index in [1.165, 1.54) is 0 Å². The van der Waals surface area contributed by atoms with E-state index in [9.17, 15) is 9.59 Å². The smallest absolute Gasteiger partial charge is 0.304 e. The molecule has 0 saturated heterocycles. The summed E-state index contributed by atoms with van der Waals surface area (Å²) in [5.41, 5.74) is -0.242. The molecule has 0 spiro atoms. The maximum Gasteiger partial charge on any atom is 0.304 e. The summed E-state index contributed by atoms with van der Waals surface area (Å²) in [6.07, 6.45) is 0.170. The number of rotatable bonds is 9. The summed E-state index contributed by atoms with van der Waals surface area (Å²) in [6.45, 7) is 5.29. The Morgan fingerprint density at radius 3 is 2.06 bits per heavy atom. The molecule has 0 saturated carbocycles. The number of hydrogen-bond donors (Lipinski definition) is 4. The van der Waals surface area contributed by atoms with Crippen molar-refractivity contribution in [3.63, 3.8) is 0 Å². The zero-order valence-corrected chi connectivity index (χ0v) is 9.75. The fourth-order valence-electron chi connectivity index (χ4n) is 1.17. The lowest BCUT2D eigenvalue weighted by molar-refractivity contribution is -0.138. The zero-order valence-electron chi connectivity index (χ0n) is 9.75. The molecule has 0 heterocycles. The van der Waals surface area contributed by atoms with Gasteiger partial charge in [0.15, 0.2) is 0 Å². The SMILES string of the molecule is CC(C)(CNCCC(=O)O)NCCC(=O)O. The summed E-state index contributed by atoms with van der Waals surface area (Å²) in [6, 6.07) is 0. The monoisotopic (exact) mass is 232 g/mol. The van der Waals surface area contributed by atoms with Gasteiger partial charge in [0, 0.05) is 25.2 Å². The van der Waals surface area contributed by atoms with Crippen LogP contribution in [0.3, 0.4) is 0 Å². The van der Waals surface area contributed by atoms with E-state index in [4.69, 9.17) is 10.2 Å². The van der Waals surface area contributed by atoms with Gasteiger partial charge in [-0.25, -0.2) is 0 Å². The predicted molar refractivity (Wildman–Crippen MR) is 59.5 cm³/mol. The van der Waals surface area contributed by atoms with Crippen LogP contribution in [0.2, 0.25) is 0 Å². The second kappa shape index (κ2) is 7.19. The van der Waals surface area contributed by atoms with Crippen molar-refractivity contribution in [2.75, 3.05) is 19.6 Å². The molecule has 0 aromatic rings. The Balaban J connectivity index is 3.61. The molecule has 0 aromatic carbocycles. The minimum Gasteiger partial charge on any atom is -0.481 e. The van der Waals surface area contributed by atoms with Crippen LogP contribution < -0.4 is 10.6 Å². The second-order valence-electron chi connectivity index (χ2n) is 4.27. The Morgan fingerprint density at radius 1 is 1.06 bits per heavy atom. The van der Waals surface area contributed by atoms with Gasteiger partial charge in [0.2, 0.25) is 0 Å². The van der Waals surface area contributed by atoms with Crippen molar-refractivity contribution in [2.45, 2.75) is 32.2 Å². The number of hydrogen-bond acceptors (Lipinski definition) is 4. The maximum absolute atomic E-state index is 10.3. The number of aliphatic carboxylic acids is 2. The molecule has 16 heavy (non-hydrogen) atoms. The van der Waals surface area contributed by atoms with Gasteiger partial charge in [0.25, 0.3) is 0 Å². The van der Waals surface area contributed by atoms with E-state index in [2.05, 4.69) is 10.6 Å². The van der Waals surface area contributed by atoms with Crippen LogP contribution in [-0.4, -0.2) is 47.3 Å². The van der Waals surface area contributed by atoms with Crippen LogP contribution in [0.15, 0.2) is 0 Å². The Bertz CT molecular complexity index is 241. The van der Waals surface area contributed by atoms with E-state index in [1.807, 2.05) is 13.8 Å².